The maximum atomic E-state index is 13.1. The molecule has 1 aliphatic rings. The number of aromatic nitrogens is 2. The molecular formula is C14H14FN3O3. The van der Waals surface area contributed by atoms with E-state index in [1.165, 1.54) is 7.11 Å². The lowest BCUT2D eigenvalue weighted by Crippen LogP contribution is -2.14. The second kappa shape index (κ2) is 5.61. The molecule has 1 fully saturated rings. The molecule has 3 rings (SSSR count). The summed E-state index contributed by atoms with van der Waals surface area (Å²) in [5, 5.41) is 6.87. The number of alkyl halides is 1. The summed E-state index contributed by atoms with van der Waals surface area (Å²) in [6.45, 7) is 0.302. The number of benzene rings is 1. The van der Waals surface area contributed by atoms with E-state index in [0.717, 1.165) is 0 Å². The Hall–Kier alpha value is -2.28. The third kappa shape index (κ3) is 2.78. The Kier molecular flexibility index (Phi) is 3.66. The van der Waals surface area contributed by atoms with Crippen LogP contribution in [0.1, 0.15) is 28.7 Å². The van der Waals surface area contributed by atoms with Gasteiger partial charge in [-0.2, -0.15) is 4.98 Å². The lowest BCUT2D eigenvalue weighted by Gasteiger charge is -2.01. The maximum absolute atomic E-state index is 13.1. The monoisotopic (exact) mass is 291 g/mol. The van der Waals surface area contributed by atoms with E-state index in [9.17, 15) is 9.18 Å². The van der Waals surface area contributed by atoms with Gasteiger partial charge in [0.05, 0.1) is 18.7 Å². The fourth-order valence-electron chi connectivity index (χ4n) is 2.25. The zero-order valence-electron chi connectivity index (χ0n) is 11.4. The van der Waals surface area contributed by atoms with E-state index in [4.69, 9.17) is 4.52 Å². The van der Waals surface area contributed by atoms with E-state index in [1.54, 1.807) is 24.3 Å². The van der Waals surface area contributed by atoms with Gasteiger partial charge in [-0.1, -0.05) is 17.3 Å². The quantitative estimate of drug-likeness (QED) is 0.870. The molecule has 0 bridgehead atoms. The van der Waals surface area contributed by atoms with Crippen molar-refractivity contribution >= 4 is 5.97 Å². The summed E-state index contributed by atoms with van der Waals surface area (Å²) in [5.41, 5.74) is 1.16. The second-order valence-electron chi connectivity index (χ2n) is 4.82. The zero-order chi connectivity index (χ0) is 14.8. The van der Waals surface area contributed by atoms with Gasteiger partial charge in [-0.15, -0.1) is 0 Å². The van der Waals surface area contributed by atoms with Crippen LogP contribution in [-0.4, -0.2) is 35.9 Å². The number of carbonyl (C=O) groups excluding carboxylic acids is 1. The predicted molar refractivity (Wildman–Crippen MR) is 71.3 cm³/mol. The van der Waals surface area contributed by atoms with Gasteiger partial charge in [0.1, 0.15) is 6.17 Å². The molecule has 0 radical (unpaired) electrons. The molecular weight excluding hydrogens is 277 g/mol. The molecule has 7 heteroatoms. The summed E-state index contributed by atoms with van der Waals surface area (Å²) >= 11 is 0. The summed E-state index contributed by atoms with van der Waals surface area (Å²) in [6.07, 6.45) is -0.548. The van der Waals surface area contributed by atoms with Crippen LogP contribution in [0, 0.1) is 0 Å². The molecule has 1 aromatic carbocycles. The van der Waals surface area contributed by atoms with E-state index in [2.05, 4.69) is 20.2 Å². The number of hydrogen-bond acceptors (Lipinski definition) is 6. The molecule has 1 saturated heterocycles. The number of hydrogen-bond donors (Lipinski definition) is 1. The summed E-state index contributed by atoms with van der Waals surface area (Å²) < 4.78 is 22.9. The van der Waals surface area contributed by atoms with Crippen molar-refractivity contribution in [2.45, 2.75) is 18.6 Å². The van der Waals surface area contributed by atoms with Crippen molar-refractivity contribution in [2.75, 3.05) is 13.7 Å². The van der Waals surface area contributed by atoms with Gasteiger partial charge in [0.2, 0.25) is 11.7 Å². The normalized spacial score (nSPS) is 21.4. The third-order valence-corrected chi connectivity index (χ3v) is 3.38. The molecule has 2 heterocycles. The summed E-state index contributed by atoms with van der Waals surface area (Å²) in [7, 11) is 1.33. The molecule has 0 saturated carbocycles. The van der Waals surface area contributed by atoms with E-state index >= 15 is 0 Å². The Morgan fingerprint density at radius 3 is 2.81 bits per heavy atom. The lowest BCUT2D eigenvalue weighted by atomic mass is 10.1. The van der Waals surface area contributed by atoms with Gasteiger partial charge in [-0.3, -0.25) is 0 Å². The minimum Gasteiger partial charge on any atom is -0.465 e. The number of methoxy groups -OCH3 is 1. The molecule has 0 aliphatic carbocycles. The van der Waals surface area contributed by atoms with Crippen molar-refractivity contribution in [3.63, 3.8) is 0 Å². The first-order valence-electron chi connectivity index (χ1n) is 6.57. The highest BCUT2D eigenvalue weighted by molar-refractivity contribution is 5.89. The third-order valence-electron chi connectivity index (χ3n) is 3.38. The van der Waals surface area contributed by atoms with Crippen LogP contribution in [0.25, 0.3) is 11.4 Å². The Bertz CT molecular complexity index is 641. The van der Waals surface area contributed by atoms with Gasteiger partial charge < -0.3 is 14.6 Å². The summed E-state index contributed by atoms with van der Waals surface area (Å²) in [5.74, 6) is 0.382. The lowest BCUT2D eigenvalue weighted by molar-refractivity contribution is 0.0601. The Morgan fingerprint density at radius 2 is 2.19 bits per heavy atom. The molecule has 2 aromatic rings. The fourth-order valence-corrected chi connectivity index (χ4v) is 2.25. The van der Waals surface area contributed by atoms with E-state index in [0.29, 0.717) is 35.8 Å². The van der Waals surface area contributed by atoms with Gasteiger partial charge in [-0.05, 0) is 12.1 Å². The molecule has 2 atom stereocenters. The highest BCUT2D eigenvalue weighted by Crippen LogP contribution is 2.26. The fraction of sp³-hybridized carbons (Fsp3) is 0.357. The first-order valence-corrected chi connectivity index (χ1v) is 6.57. The van der Waals surface area contributed by atoms with Crippen LogP contribution in [0.3, 0.4) is 0 Å². The molecule has 0 unspecified atom stereocenters. The van der Waals surface area contributed by atoms with Crippen LogP contribution in [-0.2, 0) is 4.74 Å². The number of nitrogens with one attached hydrogen (secondary N) is 1. The second-order valence-corrected chi connectivity index (χ2v) is 4.82. The Morgan fingerprint density at radius 1 is 1.43 bits per heavy atom. The largest absolute Gasteiger partial charge is 0.465 e. The van der Waals surface area contributed by atoms with Crippen LogP contribution < -0.4 is 5.32 Å². The Balaban J connectivity index is 1.78. The number of nitrogens with zero attached hydrogens (tertiary/aromatic N) is 2. The van der Waals surface area contributed by atoms with Crippen LogP contribution in [0.5, 0.6) is 0 Å². The Labute approximate surface area is 120 Å². The van der Waals surface area contributed by atoms with Crippen LogP contribution in [0.15, 0.2) is 28.8 Å². The first-order chi connectivity index (χ1) is 10.2. The average Bonchev–Trinajstić information content (AvgIpc) is 3.15. The maximum Gasteiger partial charge on any atom is 0.337 e. The van der Waals surface area contributed by atoms with E-state index in [-0.39, 0.29) is 6.04 Å². The molecule has 0 amide bonds. The van der Waals surface area contributed by atoms with Crippen molar-refractivity contribution in [1.29, 1.82) is 0 Å². The highest BCUT2D eigenvalue weighted by atomic mass is 19.1. The topological polar surface area (TPSA) is 77.2 Å². The minimum atomic E-state index is -0.885. The van der Waals surface area contributed by atoms with Crippen LogP contribution >= 0.6 is 0 Å². The van der Waals surface area contributed by atoms with Gasteiger partial charge >= 0.3 is 5.97 Å². The van der Waals surface area contributed by atoms with Crippen LogP contribution in [0.4, 0.5) is 4.39 Å². The molecule has 21 heavy (non-hydrogen) atoms. The van der Waals surface area contributed by atoms with Gasteiger partial charge in [0.25, 0.3) is 0 Å². The van der Waals surface area contributed by atoms with Crippen molar-refractivity contribution in [2.24, 2.45) is 0 Å². The first kappa shape index (κ1) is 13.7. The SMILES string of the molecule is COC(=O)c1ccc(-c2noc([C@H]3C[C@H](F)CN3)n2)cc1. The number of ether oxygens (including phenoxy) is 1. The molecule has 0 spiro atoms. The van der Waals surface area contributed by atoms with Gasteiger partial charge in [0.15, 0.2) is 0 Å². The predicted octanol–water partition coefficient (Wildman–Crippen LogP) is 1.90. The van der Waals surface area contributed by atoms with Crippen molar-refractivity contribution in [1.82, 2.24) is 15.5 Å². The average molecular weight is 291 g/mol. The zero-order valence-corrected chi connectivity index (χ0v) is 11.4. The number of halogens is 1. The minimum absolute atomic E-state index is 0.240. The van der Waals surface area contributed by atoms with Gasteiger partial charge in [-0.25, -0.2) is 9.18 Å². The van der Waals surface area contributed by atoms with Crippen molar-refractivity contribution < 1.29 is 18.4 Å². The smallest absolute Gasteiger partial charge is 0.337 e. The van der Waals surface area contributed by atoms with Gasteiger partial charge in [0, 0.05) is 18.5 Å². The highest BCUT2D eigenvalue weighted by Gasteiger charge is 2.29. The summed E-state index contributed by atoms with van der Waals surface area (Å²) in [4.78, 5) is 15.6. The van der Waals surface area contributed by atoms with E-state index in [1.807, 2.05) is 0 Å². The number of rotatable bonds is 3. The molecule has 110 valence electrons. The van der Waals surface area contributed by atoms with Crippen LogP contribution in [0.2, 0.25) is 0 Å². The molecule has 1 aromatic heterocycles. The summed E-state index contributed by atoms with van der Waals surface area (Å²) in [6, 6.07) is 6.43. The molecule has 6 nitrogen and oxygen atoms in total. The molecule has 1 aliphatic heterocycles. The molecule has 1 N–H and O–H groups in total. The number of carbonyl (C=O) groups is 1. The van der Waals surface area contributed by atoms with Crippen molar-refractivity contribution in [3.05, 3.63) is 35.7 Å². The van der Waals surface area contributed by atoms with Crippen molar-refractivity contribution in [3.8, 4) is 11.4 Å². The van der Waals surface area contributed by atoms with E-state index < -0.39 is 12.1 Å². The standard InChI is InChI=1S/C14H14FN3O3/c1-20-14(19)9-4-2-8(3-5-9)12-17-13(21-18-12)11-6-10(15)7-16-11/h2-5,10-11,16H,6-7H2,1H3/t10-,11+/m0/s1. The number of esters is 1.